The fourth-order valence-corrected chi connectivity index (χ4v) is 2.20. The van der Waals surface area contributed by atoms with Gasteiger partial charge in [0.25, 0.3) is 5.91 Å². The van der Waals surface area contributed by atoms with Crippen molar-refractivity contribution in [2.45, 2.75) is 6.54 Å². The van der Waals surface area contributed by atoms with Crippen LogP contribution in [0.4, 0.5) is 5.69 Å². The standard InChI is InChI=1S/C17H14ClN3O3/c18-14-4-1-7-20-17(14)24-15-6-5-11(19)9-13(15)16(22)21-10-12-3-2-8-23-12/h1-9H,10,19H2,(H,21,22). The predicted octanol–water partition coefficient (Wildman–Crippen LogP) is 3.63. The molecular weight excluding hydrogens is 330 g/mol. The number of benzene rings is 1. The van der Waals surface area contributed by atoms with Gasteiger partial charge < -0.3 is 20.2 Å². The van der Waals surface area contributed by atoms with Crippen LogP contribution in [0.3, 0.4) is 0 Å². The molecule has 7 heteroatoms. The Morgan fingerprint density at radius 1 is 1.29 bits per heavy atom. The number of nitrogens with one attached hydrogen (secondary N) is 1. The molecule has 6 nitrogen and oxygen atoms in total. The Kier molecular flexibility index (Phi) is 4.67. The molecule has 122 valence electrons. The zero-order chi connectivity index (χ0) is 16.9. The minimum Gasteiger partial charge on any atom is -0.467 e. The second-order valence-electron chi connectivity index (χ2n) is 4.91. The maximum atomic E-state index is 12.4. The number of halogens is 1. The summed E-state index contributed by atoms with van der Waals surface area (Å²) >= 11 is 6.04. The molecule has 24 heavy (non-hydrogen) atoms. The molecule has 0 atom stereocenters. The number of hydrogen-bond donors (Lipinski definition) is 2. The summed E-state index contributed by atoms with van der Waals surface area (Å²) in [5.41, 5.74) is 6.51. The van der Waals surface area contributed by atoms with Crippen molar-refractivity contribution in [3.05, 3.63) is 71.3 Å². The lowest BCUT2D eigenvalue weighted by molar-refractivity contribution is 0.0945. The van der Waals surface area contributed by atoms with E-state index in [1.54, 1.807) is 48.9 Å². The molecule has 3 rings (SSSR count). The molecule has 2 aromatic heterocycles. The summed E-state index contributed by atoms with van der Waals surface area (Å²) in [6.45, 7) is 0.254. The highest BCUT2D eigenvalue weighted by molar-refractivity contribution is 6.31. The summed E-state index contributed by atoms with van der Waals surface area (Å²) in [6.07, 6.45) is 3.09. The monoisotopic (exact) mass is 343 g/mol. The fourth-order valence-electron chi connectivity index (χ4n) is 2.04. The SMILES string of the molecule is Nc1ccc(Oc2ncccc2Cl)c(C(=O)NCc2ccco2)c1. The molecule has 0 radical (unpaired) electrons. The second kappa shape index (κ2) is 7.06. The Labute approximate surface area is 143 Å². The molecule has 3 N–H and O–H groups in total. The Morgan fingerprint density at radius 3 is 2.92 bits per heavy atom. The Morgan fingerprint density at radius 2 is 2.17 bits per heavy atom. The minimum absolute atomic E-state index is 0.212. The van der Waals surface area contributed by atoms with Gasteiger partial charge in [-0.15, -0.1) is 0 Å². The topological polar surface area (TPSA) is 90.4 Å². The van der Waals surface area contributed by atoms with Crippen LogP contribution in [0.5, 0.6) is 11.6 Å². The number of hydrogen-bond acceptors (Lipinski definition) is 5. The van der Waals surface area contributed by atoms with E-state index in [-0.39, 0.29) is 23.9 Å². The average Bonchev–Trinajstić information content (AvgIpc) is 3.10. The highest BCUT2D eigenvalue weighted by atomic mass is 35.5. The maximum absolute atomic E-state index is 12.4. The van der Waals surface area contributed by atoms with Gasteiger partial charge in [-0.05, 0) is 42.5 Å². The number of pyridine rings is 1. The fraction of sp³-hybridized carbons (Fsp3) is 0.0588. The van der Waals surface area contributed by atoms with Gasteiger partial charge in [-0.3, -0.25) is 4.79 Å². The van der Waals surface area contributed by atoms with Gasteiger partial charge in [-0.1, -0.05) is 11.6 Å². The Balaban J connectivity index is 1.82. The van der Waals surface area contributed by atoms with Gasteiger partial charge in [0.15, 0.2) is 0 Å². The van der Waals surface area contributed by atoms with E-state index >= 15 is 0 Å². The van der Waals surface area contributed by atoms with Crippen molar-refractivity contribution in [3.63, 3.8) is 0 Å². The summed E-state index contributed by atoms with van der Waals surface area (Å²) in [5, 5.41) is 3.09. The number of ether oxygens (including phenoxy) is 1. The van der Waals surface area contributed by atoms with E-state index in [0.29, 0.717) is 22.2 Å². The summed E-state index contributed by atoms with van der Waals surface area (Å²) in [4.78, 5) is 16.5. The number of carbonyl (C=O) groups is 1. The maximum Gasteiger partial charge on any atom is 0.255 e. The van der Waals surface area contributed by atoms with Crippen molar-refractivity contribution >= 4 is 23.2 Å². The van der Waals surface area contributed by atoms with Crippen molar-refractivity contribution < 1.29 is 13.9 Å². The predicted molar refractivity (Wildman–Crippen MR) is 90.1 cm³/mol. The highest BCUT2D eigenvalue weighted by Gasteiger charge is 2.15. The van der Waals surface area contributed by atoms with Gasteiger partial charge in [0, 0.05) is 11.9 Å². The zero-order valence-electron chi connectivity index (χ0n) is 12.5. The van der Waals surface area contributed by atoms with Crippen LogP contribution in [0.2, 0.25) is 5.02 Å². The van der Waals surface area contributed by atoms with Crippen molar-refractivity contribution in [1.29, 1.82) is 0 Å². The molecule has 1 aromatic carbocycles. The third-order valence-corrected chi connectivity index (χ3v) is 3.47. The molecule has 0 saturated carbocycles. The van der Waals surface area contributed by atoms with Crippen LogP contribution in [0.1, 0.15) is 16.1 Å². The zero-order valence-corrected chi connectivity index (χ0v) is 13.3. The molecule has 0 fully saturated rings. The Hall–Kier alpha value is -2.99. The van der Waals surface area contributed by atoms with Crippen molar-refractivity contribution in [1.82, 2.24) is 10.3 Å². The summed E-state index contributed by atoms with van der Waals surface area (Å²) in [5.74, 6) is 0.814. The lowest BCUT2D eigenvalue weighted by Crippen LogP contribution is -2.23. The lowest BCUT2D eigenvalue weighted by atomic mass is 10.1. The smallest absolute Gasteiger partial charge is 0.255 e. The summed E-state index contributed by atoms with van der Waals surface area (Å²) in [6, 6.07) is 11.6. The number of nitrogens with zero attached hydrogens (tertiary/aromatic N) is 1. The molecule has 0 unspecified atom stereocenters. The Bertz CT molecular complexity index is 850. The number of nitrogen functional groups attached to an aromatic ring is 1. The summed E-state index contributed by atoms with van der Waals surface area (Å²) in [7, 11) is 0. The second-order valence-corrected chi connectivity index (χ2v) is 5.32. The number of aromatic nitrogens is 1. The van der Waals surface area contributed by atoms with E-state index in [9.17, 15) is 4.79 Å². The van der Waals surface area contributed by atoms with E-state index in [1.165, 1.54) is 6.07 Å². The lowest BCUT2D eigenvalue weighted by Gasteiger charge is -2.12. The normalized spacial score (nSPS) is 10.4. The number of nitrogens with two attached hydrogens (primary N) is 1. The molecule has 1 amide bonds. The van der Waals surface area contributed by atoms with Gasteiger partial charge in [0.1, 0.15) is 16.5 Å². The molecular formula is C17H14ClN3O3. The molecule has 2 heterocycles. The van der Waals surface area contributed by atoms with Crippen molar-refractivity contribution in [2.24, 2.45) is 0 Å². The summed E-state index contributed by atoms with van der Waals surface area (Å²) < 4.78 is 10.9. The highest BCUT2D eigenvalue weighted by Crippen LogP contribution is 2.30. The third-order valence-electron chi connectivity index (χ3n) is 3.18. The molecule has 0 saturated heterocycles. The van der Waals surface area contributed by atoms with Crippen LogP contribution in [0, 0.1) is 0 Å². The number of rotatable bonds is 5. The molecule has 0 bridgehead atoms. The van der Waals surface area contributed by atoms with Gasteiger partial charge >= 0.3 is 0 Å². The first-order valence-corrected chi connectivity index (χ1v) is 7.50. The quantitative estimate of drug-likeness (QED) is 0.690. The van der Waals surface area contributed by atoms with Gasteiger partial charge in [0.2, 0.25) is 5.88 Å². The largest absolute Gasteiger partial charge is 0.467 e. The molecule has 0 aliphatic heterocycles. The van der Waals surface area contributed by atoms with Crippen molar-refractivity contribution in [2.75, 3.05) is 5.73 Å². The molecule has 0 aliphatic rings. The van der Waals surface area contributed by atoms with Crippen LogP contribution in [-0.2, 0) is 6.54 Å². The van der Waals surface area contributed by atoms with Gasteiger partial charge in [-0.2, -0.15) is 0 Å². The first-order chi connectivity index (χ1) is 11.6. The van der Waals surface area contributed by atoms with Crippen LogP contribution in [-0.4, -0.2) is 10.9 Å². The van der Waals surface area contributed by atoms with E-state index < -0.39 is 0 Å². The van der Waals surface area contributed by atoms with E-state index in [2.05, 4.69) is 10.3 Å². The molecule has 0 spiro atoms. The average molecular weight is 344 g/mol. The number of amides is 1. The third kappa shape index (κ3) is 3.67. The minimum atomic E-state index is -0.347. The van der Waals surface area contributed by atoms with Crippen LogP contribution in [0.15, 0.2) is 59.3 Å². The first kappa shape index (κ1) is 15.9. The number of furan rings is 1. The first-order valence-electron chi connectivity index (χ1n) is 7.12. The number of carbonyl (C=O) groups excluding carboxylic acids is 1. The van der Waals surface area contributed by atoms with Gasteiger partial charge in [0.05, 0.1) is 18.4 Å². The molecule has 3 aromatic rings. The van der Waals surface area contributed by atoms with E-state index in [4.69, 9.17) is 26.5 Å². The van der Waals surface area contributed by atoms with E-state index in [1.807, 2.05) is 0 Å². The van der Waals surface area contributed by atoms with Crippen LogP contribution >= 0.6 is 11.6 Å². The van der Waals surface area contributed by atoms with Crippen LogP contribution < -0.4 is 15.8 Å². The van der Waals surface area contributed by atoms with E-state index in [0.717, 1.165) is 0 Å². The van der Waals surface area contributed by atoms with Crippen LogP contribution in [0.25, 0.3) is 0 Å². The molecule has 0 aliphatic carbocycles. The van der Waals surface area contributed by atoms with Crippen molar-refractivity contribution in [3.8, 4) is 11.6 Å². The van der Waals surface area contributed by atoms with Gasteiger partial charge in [-0.25, -0.2) is 4.98 Å². The number of anilines is 1.